The average molecular weight is 504 g/mol. The van der Waals surface area contributed by atoms with Gasteiger partial charge in [-0.1, -0.05) is 42.5 Å². The first-order valence-corrected chi connectivity index (χ1v) is 12.2. The molecular weight excluding hydrogens is 471 g/mol. The first-order chi connectivity index (χ1) is 17.1. The van der Waals surface area contributed by atoms with Gasteiger partial charge in [-0.2, -0.15) is 13.2 Å². The highest BCUT2D eigenvalue weighted by molar-refractivity contribution is 5.93. The second kappa shape index (κ2) is 10.9. The van der Waals surface area contributed by atoms with Gasteiger partial charge in [0.25, 0.3) is 0 Å². The fourth-order valence-electron chi connectivity index (χ4n) is 4.88. The Hall–Kier alpha value is -3.11. The molecule has 2 aromatic rings. The molecular formula is C26H32F3N5O2. The van der Waals surface area contributed by atoms with Crippen molar-refractivity contribution in [3.63, 3.8) is 0 Å². The summed E-state index contributed by atoms with van der Waals surface area (Å²) >= 11 is 0. The summed E-state index contributed by atoms with van der Waals surface area (Å²) < 4.78 is 38.1. The van der Waals surface area contributed by atoms with Crippen molar-refractivity contribution in [3.05, 3.63) is 65.7 Å². The number of alkyl halides is 3. The van der Waals surface area contributed by atoms with Crippen molar-refractivity contribution >= 4 is 17.6 Å². The van der Waals surface area contributed by atoms with Gasteiger partial charge in [0, 0.05) is 11.7 Å². The van der Waals surface area contributed by atoms with Crippen LogP contribution in [-0.4, -0.2) is 60.4 Å². The minimum Gasteiger partial charge on any atom is -0.345 e. The first kappa shape index (κ1) is 26.0. The molecule has 2 aliphatic heterocycles. The Morgan fingerprint density at radius 3 is 2.25 bits per heavy atom. The Morgan fingerprint density at radius 2 is 1.69 bits per heavy atom. The number of rotatable bonds is 7. The molecule has 2 aromatic carbocycles. The van der Waals surface area contributed by atoms with Crippen molar-refractivity contribution < 1.29 is 22.8 Å². The van der Waals surface area contributed by atoms with E-state index < -0.39 is 24.7 Å². The number of anilines is 1. The molecule has 2 heterocycles. The zero-order chi connectivity index (χ0) is 25.9. The number of hydrogen-bond donors (Lipinski definition) is 2. The van der Waals surface area contributed by atoms with Gasteiger partial charge in [-0.3, -0.25) is 19.6 Å². The lowest BCUT2D eigenvalue weighted by molar-refractivity contribution is -0.142. The van der Waals surface area contributed by atoms with Crippen LogP contribution < -0.4 is 15.6 Å². The number of amides is 3. The molecule has 10 heteroatoms. The maximum absolute atomic E-state index is 12.8. The topological polar surface area (TPSA) is 67.9 Å². The molecule has 0 saturated carbocycles. The first-order valence-electron chi connectivity index (χ1n) is 12.2. The minimum atomic E-state index is -4.46. The van der Waals surface area contributed by atoms with Crippen molar-refractivity contribution in [1.82, 2.24) is 20.7 Å². The Labute approximate surface area is 209 Å². The molecule has 194 valence electrons. The van der Waals surface area contributed by atoms with E-state index >= 15 is 0 Å². The van der Waals surface area contributed by atoms with Crippen LogP contribution in [0.1, 0.15) is 49.8 Å². The lowest BCUT2D eigenvalue weighted by Crippen LogP contribution is -2.46. The molecule has 3 amide bonds. The summed E-state index contributed by atoms with van der Waals surface area (Å²) in [6.07, 6.45) is -2.90. The molecule has 4 rings (SSSR count). The second-order valence-electron chi connectivity index (χ2n) is 9.54. The van der Waals surface area contributed by atoms with Gasteiger partial charge in [-0.15, -0.1) is 0 Å². The van der Waals surface area contributed by atoms with Gasteiger partial charge >= 0.3 is 12.2 Å². The zero-order valence-electron chi connectivity index (χ0n) is 20.5. The summed E-state index contributed by atoms with van der Waals surface area (Å²) in [6, 6.07) is 16.1. The third-order valence-corrected chi connectivity index (χ3v) is 6.75. The summed E-state index contributed by atoms with van der Waals surface area (Å²) in [4.78, 5) is 29.0. The normalized spacial score (nSPS) is 18.7. The summed E-state index contributed by atoms with van der Waals surface area (Å²) in [6.45, 7) is 4.15. The molecule has 1 unspecified atom stereocenters. The number of carbonyl (C=O) groups excluding carboxylic acids is 2. The number of hydrogen-bond acceptors (Lipinski definition) is 4. The van der Waals surface area contributed by atoms with E-state index in [0.29, 0.717) is 25.3 Å². The molecule has 0 aromatic heterocycles. The van der Waals surface area contributed by atoms with E-state index in [1.165, 1.54) is 0 Å². The lowest BCUT2D eigenvalue weighted by Gasteiger charge is -2.37. The van der Waals surface area contributed by atoms with Gasteiger partial charge in [-0.25, -0.2) is 10.2 Å². The smallest absolute Gasteiger partial charge is 0.345 e. The van der Waals surface area contributed by atoms with Crippen molar-refractivity contribution in [1.29, 1.82) is 0 Å². The number of carbonyl (C=O) groups is 2. The number of urea groups is 1. The fourth-order valence-corrected chi connectivity index (χ4v) is 4.88. The van der Waals surface area contributed by atoms with E-state index in [9.17, 15) is 22.8 Å². The van der Waals surface area contributed by atoms with Crippen LogP contribution in [0.3, 0.4) is 0 Å². The quantitative estimate of drug-likeness (QED) is 0.588. The maximum atomic E-state index is 12.8. The second-order valence-corrected chi connectivity index (χ2v) is 9.54. The largest absolute Gasteiger partial charge is 0.405 e. The third-order valence-electron chi connectivity index (χ3n) is 6.75. The predicted octanol–water partition coefficient (Wildman–Crippen LogP) is 4.40. The van der Waals surface area contributed by atoms with Crippen LogP contribution in [0.25, 0.3) is 0 Å². The summed E-state index contributed by atoms with van der Waals surface area (Å²) in [5.74, 6) is -0.370. The minimum absolute atomic E-state index is 0.0576. The highest BCUT2D eigenvalue weighted by Gasteiger charge is 2.35. The monoisotopic (exact) mass is 503 g/mol. The molecule has 2 fully saturated rings. The van der Waals surface area contributed by atoms with E-state index in [4.69, 9.17) is 0 Å². The molecule has 0 radical (unpaired) electrons. The van der Waals surface area contributed by atoms with Crippen LogP contribution in [0.2, 0.25) is 0 Å². The molecule has 0 spiro atoms. The van der Waals surface area contributed by atoms with Crippen molar-refractivity contribution in [2.24, 2.45) is 0 Å². The molecule has 0 aliphatic carbocycles. The number of nitrogens with one attached hydrogen (secondary N) is 2. The van der Waals surface area contributed by atoms with Gasteiger partial charge in [0.05, 0.1) is 6.67 Å². The molecule has 7 nitrogen and oxygen atoms in total. The van der Waals surface area contributed by atoms with Crippen LogP contribution in [0, 0.1) is 0 Å². The number of nitrogens with zero attached hydrogens (tertiary/aromatic N) is 3. The standard InChI is InChI=1S/C26H32F3N5O2/c1-18(2)34-25(36)33(17-31-34)22-10-8-19(9-11-22)20-12-14-32(15-13-20)23(21-6-4-3-5-7-21)24(35)30-16-26(27,28)29/h3-11,18,20,23,31H,12-17H2,1-2H3,(H,30,35). The Morgan fingerprint density at radius 1 is 1.06 bits per heavy atom. The van der Waals surface area contributed by atoms with Crippen LogP contribution in [0.4, 0.5) is 23.7 Å². The Bertz CT molecular complexity index is 1040. The van der Waals surface area contributed by atoms with Gasteiger partial charge in [0.15, 0.2) is 0 Å². The molecule has 2 N–H and O–H groups in total. The van der Waals surface area contributed by atoms with Gasteiger partial charge in [0.2, 0.25) is 5.91 Å². The van der Waals surface area contributed by atoms with Crippen molar-refractivity contribution in [2.45, 2.75) is 50.9 Å². The highest BCUT2D eigenvalue weighted by Crippen LogP contribution is 2.34. The summed E-state index contributed by atoms with van der Waals surface area (Å²) in [7, 11) is 0. The average Bonchev–Trinajstić information content (AvgIpc) is 3.25. The third kappa shape index (κ3) is 5.99. The van der Waals surface area contributed by atoms with E-state index in [2.05, 4.69) is 10.7 Å². The molecule has 2 aliphatic rings. The Balaban J connectivity index is 1.40. The summed E-state index contributed by atoms with van der Waals surface area (Å²) in [5.41, 5.74) is 5.75. The van der Waals surface area contributed by atoms with E-state index in [0.717, 1.165) is 24.1 Å². The molecule has 0 bridgehead atoms. The maximum Gasteiger partial charge on any atom is 0.405 e. The van der Waals surface area contributed by atoms with E-state index in [-0.39, 0.29) is 18.0 Å². The number of piperidine rings is 1. The van der Waals surface area contributed by atoms with Crippen LogP contribution >= 0.6 is 0 Å². The van der Waals surface area contributed by atoms with E-state index in [1.54, 1.807) is 34.2 Å². The van der Waals surface area contributed by atoms with Crippen LogP contribution in [0.5, 0.6) is 0 Å². The summed E-state index contributed by atoms with van der Waals surface area (Å²) in [5, 5.41) is 3.67. The number of likely N-dealkylation sites (tertiary alicyclic amines) is 1. The fraction of sp³-hybridized carbons (Fsp3) is 0.462. The van der Waals surface area contributed by atoms with Gasteiger partial charge in [0.1, 0.15) is 12.6 Å². The molecule has 36 heavy (non-hydrogen) atoms. The zero-order valence-corrected chi connectivity index (χ0v) is 20.5. The number of halogens is 3. The van der Waals surface area contributed by atoms with Gasteiger partial charge < -0.3 is 5.32 Å². The van der Waals surface area contributed by atoms with Crippen LogP contribution in [0.15, 0.2) is 54.6 Å². The number of hydrazine groups is 1. The highest BCUT2D eigenvalue weighted by atomic mass is 19.4. The molecule has 1 atom stereocenters. The van der Waals surface area contributed by atoms with Crippen LogP contribution in [-0.2, 0) is 4.79 Å². The van der Waals surface area contributed by atoms with Crippen molar-refractivity contribution in [3.8, 4) is 0 Å². The van der Waals surface area contributed by atoms with Gasteiger partial charge in [-0.05, 0) is 69.0 Å². The SMILES string of the molecule is CC(C)N1NCN(c2ccc(C3CCN(C(C(=O)NCC(F)(F)F)c4ccccc4)CC3)cc2)C1=O. The number of benzene rings is 2. The predicted molar refractivity (Wildman–Crippen MR) is 131 cm³/mol. The van der Waals surface area contributed by atoms with E-state index in [1.807, 2.05) is 49.1 Å². The Kier molecular flexibility index (Phi) is 7.85. The molecule has 2 saturated heterocycles. The van der Waals surface area contributed by atoms with Crippen molar-refractivity contribution in [2.75, 3.05) is 31.2 Å². The lowest BCUT2D eigenvalue weighted by atomic mass is 9.88.